The van der Waals surface area contributed by atoms with Crippen LogP contribution in [0.25, 0.3) is 0 Å². The van der Waals surface area contributed by atoms with Crippen molar-refractivity contribution >= 4 is 17.8 Å². The van der Waals surface area contributed by atoms with Gasteiger partial charge in [-0.05, 0) is 18.1 Å². The molecular formula is C24H26N6O3. The molecule has 1 atom stereocenters. The lowest BCUT2D eigenvalue weighted by atomic mass is 9.88. The van der Waals surface area contributed by atoms with Crippen LogP contribution in [-0.4, -0.2) is 30.9 Å². The number of hydrogen-bond acceptors (Lipinski definition) is 5. The SMILES string of the molecule is Cc1ccc(CNC(=O)NC(CNC(=O)CC#N)(C(=O)NCCC#N)c2ccccc2)cc1. The van der Waals surface area contributed by atoms with E-state index in [0.29, 0.717) is 5.56 Å². The molecule has 9 heteroatoms. The second-order valence-corrected chi connectivity index (χ2v) is 7.34. The van der Waals surface area contributed by atoms with Gasteiger partial charge < -0.3 is 21.3 Å². The predicted octanol–water partition coefficient (Wildman–Crippen LogP) is 1.75. The first-order valence-electron chi connectivity index (χ1n) is 10.4. The molecule has 0 radical (unpaired) electrons. The van der Waals surface area contributed by atoms with Gasteiger partial charge in [-0.2, -0.15) is 10.5 Å². The van der Waals surface area contributed by atoms with Crippen molar-refractivity contribution in [2.75, 3.05) is 13.1 Å². The van der Waals surface area contributed by atoms with Crippen LogP contribution in [0.1, 0.15) is 29.5 Å². The van der Waals surface area contributed by atoms with E-state index < -0.39 is 23.4 Å². The van der Waals surface area contributed by atoms with Crippen LogP contribution in [0, 0.1) is 29.6 Å². The van der Waals surface area contributed by atoms with Gasteiger partial charge in [-0.25, -0.2) is 4.79 Å². The van der Waals surface area contributed by atoms with E-state index >= 15 is 0 Å². The summed E-state index contributed by atoms with van der Waals surface area (Å²) in [7, 11) is 0. The van der Waals surface area contributed by atoms with Gasteiger partial charge in [0, 0.05) is 13.1 Å². The quantitative estimate of drug-likeness (QED) is 0.411. The van der Waals surface area contributed by atoms with Crippen molar-refractivity contribution in [2.24, 2.45) is 0 Å². The molecule has 9 nitrogen and oxygen atoms in total. The topological polar surface area (TPSA) is 147 Å². The molecule has 4 amide bonds. The van der Waals surface area contributed by atoms with Crippen LogP contribution < -0.4 is 21.3 Å². The lowest BCUT2D eigenvalue weighted by Gasteiger charge is -2.34. The van der Waals surface area contributed by atoms with E-state index in [1.54, 1.807) is 36.4 Å². The Morgan fingerprint density at radius 1 is 0.909 bits per heavy atom. The van der Waals surface area contributed by atoms with Crippen molar-refractivity contribution in [2.45, 2.75) is 31.8 Å². The molecule has 0 aliphatic carbocycles. The third kappa shape index (κ3) is 7.37. The van der Waals surface area contributed by atoms with E-state index in [1.807, 2.05) is 37.3 Å². The van der Waals surface area contributed by atoms with E-state index in [4.69, 9.17) is 10.5 Å². The predicted molar refractivity (Wildman–Crippen MR) is 121 cm³/mol. The highest BCUT2D eigenvalue weighted by Crippen LogP contribution is 2.21. The zero-order valence-electron chi connectivity index (χ0n) is 18.4. The monoisotopic (exact) mass is 446 g/mol. The zero-order valence-corrected chi connectivity index (χ0v) is 18.4. The summed E-state index contributed by atoms with van der Waals surface area (Å²) < 4.78 is 0. The molecule has 0 fully saturated rings. The molecule has 2 rings (SSSR count). The second kappa shape index (κ2) is 12.5. The number of nitrogens with one attached hydrogen (secondary N) is 4. The van der Waals surface area contributed by atoms with Crippen molar-refractivity contribution in [3.63, 3.8) is 0 Å². The molecule has 33 heavy (non-hydrogen) atoms. The molecule has 0 aliphatic heterocycles. The summed E-state index contributed by atoms with van der Waals surface area (Å²) >= 11 is 0. The Hall–Kier alpha value is -4.37. The largest absolute Gasteiger partial charge is 0.353 e. The smallest absolute Gasteiger partial charge is 0.316 e. The summed E-state index contributed by atoms with van der Waals surface area (Å²) in [6.45, 7) is 1.98. The molecule has 0 aromatic heterocycles. The fourth-order valence-electron chi connectivity index (χ4n) is 3.08. The molecule has 4 N–H and O–H groups in total. The Kier molecular flexibility index (Phi) is 9.41. The average Bonchev–Trinajstić information content (AvgIpc) is 2.82. The summed E-state index contributed by atoms with van der Waals surface area (Å²) in [6, 6.07) is 19.2. The first kappa shape index (κ1) is 24.9. The summed E-state index contributed by atoms with van der Waals surface area (Å²) in [5.74, 6) is -1.17. The molecule has 170 valence electrons. The number of carbonyl (C=O) groups is 3. The maximum Gasteiger partial charge on any atom is 0.316 e. The standard InChI is InChI=1S/C24H26N6O3/c1-18-8-10-19(11-9-18)16-28-23(33)30-24(17-29-21(31)12-14-26,20-6-3-2-4-7-20)22(32)27-15-5-13-25/h2-4,6-11H,5,12,15-17H2,1H3,(H,27,32)(H,29,31)(H2,28,30,33). The molecule has 1 unspecified atom stereocenters. The highest BCUT2D eigenvalue weighted by atomic mass is 16.2. The highest BCUT2D eigenvalue weighted by molar-refractivity contribution is 5.93. The number of urea groups is 1. The molecule has 0 spiro atoms. The summed E-state index contributed by atoms with van der Waals surface area (Å²) in [6.07, 6.45) is -0.308. The van der Waals surface area contributed by atoms with Gasteiger partial charge in [0.15, 0.2) is 5.54 Å². The fourth-order valence-corrected chi connectivity index (χ4v) is 3.08. The molecule has 0 bridgehead atoms. The van der Waals surface area contributed by atoms with Gasteiger partial charge in [0.05, 0.1) is 25.1 Å². The van der Waals surface area contributed by atoms with Gasteiger partial charge in [-0.1, -0.05) is 60.2 Å². The average molecular weight is 447 g/mol. The molecule has 0 heterocycles. The van der Waals surface area contributed by atoms with Crippen molar-refractivity contribution in [1.82, 2.24) is 21.3 Å². The number of nitrogens with zero attached hydrogens (tertiary/aromatic N) is 2. The number of aryl methyl sites for hydroxylation is 1. The number of amides is 4. The summed E-state index contributed by atoms with van der Waals surface area (Å²) in [4.78, 5) is 38.1. The molecule has 0 saturated carbocycles. The van der Waals surface area contributed by atoms with E-state index in [9.17, 15) is 14.4 Å². The van der Waals surface area contributed by atoms with Crippen molar-refractivity contribution in [3.05, 3.63) is 71.3 Å². The summed E-state index contributed by atoms with van der Waals surface area (Å²) in [5, 5.41) is 28.2. The van der Waals surface area contributed by atoms with Gasteiger partial charge >= 0.3 is 6.03 Å². The Bertz CT molecular complexity index is 1040. The minimum Gasteiger partial charge on any atom is -0.353 e. The highest BCUT2D eigenvalue weighted by Gasteiger charge is 2.42. The van der Waals surface area contributed by atoms with Crippen molar-refractivity contribution in [1.29, 1.82) is 10.5 Å². The lowest BCUT2D eigenvalue weighted by Crippen LogP contribution is -2.63. The Morgan fingerprint density at radius 3 is 2.24 bits per heavy atom. The maximum absolute atomic E-state index is 13.3. The van der Waals surface area contributed by atoms with Crippen LogP contribution >= 0.6 is 0 Å². The molecule has 2 aromatic rings. The third-order valence-electron chi connectivity index (χ3n) is 4.87. The van der Waals surface area contributed by atoms with Gasteiger partial charge in [0.1, 0.15) is 6.42 Å². The molecule has 0 saturated heterocycles. The van der Waals surface area contributed by atoms with Gasteiger partial charge in [0.25, 0.3) is 5.91 Å². The van der Waals surface area contributed by atoms with E-state index in [1.165, 1.54) is 0 Å². The Balaban J connectivity index is 2.30. The van der Waals surface area contributed by atoms with Crippen molar-refractivity contribution in [3.8, 4) is 12.1 Å². The van der Waals surface area contributed by atoms with E-state index in [2.05, 4.69) is 21.3 Å². The molecular weight excluding hydrogens is 420 g/mol. The number of carbonyl (C=O) groups excluding carboxylic acids is 3. The van der Waals surface area contributed by atoms with Crippen LogP contribution in [0.4, 0.5) is 4.79 Å². The lowest BCUT2D eigenvalue weighted by molar-refractivity contribution is -0.128. The van der Waals surface area contributed by atoms with Crippen LogP contribution in [0.3, 0.4) is 0 Å². The third-order valence-corrected chi connectivity index (χ3v) is 4.87. The van der Waals surface area contributed by atoms with Gasteiger partial charge in [-0.3, -0.25) is 9.59 Å². The maximum atomic E-state index is 13.3. The zero-order chi connectivity index (χ0) is 24.1. The minimum absolute atomic E-state index is 0.0721. The van der Waals surface area contributed by atoms with Crippen LogP contribution in [0.5, 0.6) is 0 Å². The van der Waals surface area contributed by atoms with Gasteiger partial charge in [0.2, 0.25) is 5.91 Å². The van der Waals surface area contributed by atoms with Crippen LogP contribution in [0.2, 0.25) is 0 Å². The first-order valence-corrected chi connectivity index (χ1v) is 10.4. The van der Waals surface area contributed by atoms with Crippen molar-refractivity contribution < 1.29 is 14.4 Å². The van der Waals surface area contributed by atoms with Gasteiger partial charge in [-0.15, -0.1) is 0 Å². The fraction of sp³-hybridized carbons (Fsp3) is 0.292. The Morgan fingerprint density at radius 2 is 1.61 bits per heavy atom. The van der Waals surface area contributed by atoms with E-state index in [-0.39, 0.29) is 32.5 Å². The first-order chi connectivity index (χ1) is 15.9. The number of rotatable bonds is 10. The molecule has 0 aliphatic rings. The normalized spacial score (nSPS) is 11.7. The number of nitriles is 2. The number of benzene rings is 2. The number of hydrogen-bond donors (Lipinski definition) is 4. The molecule has 2 aromatic carbocycles. The minimum atomic E-state index is -1.67. The van der Waals surface area contributed by atoms with Crippen LogP contribution in [0.15, 0.2) is 54.6 Å². The van der Waals surface area contributed by atoms with Crippen LogP contribution in [-0.2, 0) is 21.7 Å². The second-order valence-electron chi connectivity index (χ2n) is 7.34. The summed E-state index contributed by atoms with van der Waals surface area (Å²) in [5.41, 5.74) is 0.733. The van der Waals surface area contributed by atoms with E-state index in [0.717, 1.165) is 11.1 Å². The Labute approximate surface area is 192 Å².